The molecule has 212 valence electrons. The quantitative estimate of drug-likeness (QED) is 0.162. The lowest BCUT2D eigenvalue weighted by molar-refractivity contribution is 0.102. The number of fused-ring (bicyclic) bond motifs is 1. The lowest BCUT2D eigenvalue weighted by atomic mass is 9.97. The minimum absolute atomic E-state index is 0.183. The number of nitrogens with one attached hydrogen (secondary N) is 3. The molecular weight excluding hydrogens is 541 g/mol. The number of hydrogen-bond acceptors (Lipinski definition) is 4. The molecule has 0 spiro atoms. The standard InChI is InChI=1S/C35H28FN5O2/c1-4-9-28(24-14-25(36)17-27(16-24)43-3)29-18-32(38-21(29)2)34-30-19-31(37-20-33(30)40-41-34)23-12-8-13-26(15-23)39-35(42)22-10-6-5-7-11-22/h4-20,38H,1H2,2-3H3,(H,39,42)(H,40,41)/b28-9-. The van der Waals surface area contributed by atoms with Gasteiger partial charge < -0.3 is 15.0 Å². The molecular formula is C35H28FN5O2. The monoisotopic (exact) mass is 569 g/mol. The first-order valence-electron chi connectivity index (χ1n) is 13.6. The number of pyridine rings is 1. The highest BCUT2D eigenvalue weighted by atomic mass is 19.1. The van der Waals surface area contributed by atoms with Crippen molar-refractivity contribution in [2.45, 2.75) is 6.92 Å². The average molecular weight is 570 g/mol. The van der Waals surface area contributed by atoms with E-state index in [1.807, 2.05) is 67.6 Å². The van der Waals surface area contributed by atoms with Crippen molar-refractivity contribution in [3.05, 3.63) is 138 Å². The molecule has 43 heavy (non-hydrogen) atoms. The normalized spacial score (nSPS) is 11.5. The van der Waals surface area contributed by atoms with Crippen LogP contribution >= 0.6 is 0 Å². The molecule has 0 saturated heterocycles. The van der Waals surface area contributed by atoms with Crippen LogP contribution in [0.1, 0.15) is 27.2 Å². The van der Waals surface area contributed by atoms with Crippen molar-refractivity contribution in [1.29, 1.82) is 0 Å². The number of H-pyrrole nitrogens is 2. The molecule has 6 aromatic rings. The second-order valence-corrected chi connectivity index (χ2v) is 10.0. The van der Waals surface area contributed by atoms with Crippen LogP contribution in [0.3, 0.4) is 0 Å². The molecule has 0 radical (unpaired) electrons. The van der Waals surface area contributed by atoms with Crippen LogP contribution in [0.5, 0.6) is 5.75 Å². The molecule has 3 aromatic carbocycles. The molecule has 7 nitrogen and oxygen atoms in total. The van der Waals surface area contributed by atoms with Crippen LogP contribution in [0.4, 0.5) is 10.1 Å². The van der Waals surface area contributed by atoms with Gasteiger partial charge >= 0.3 is 0 Å². The Labute approximate surface area is 247 Å². The molecule has 0 aliphatic heterocycles. The summed E-state index contributed by atoms with van der Waals surface area (Å²) in [6.07, 6.45) is 5.27. The fraction of sp³-hybridized carbons (Fsp3) is 0.0571. The van der Waals surface area contributed by atoms with Gasteiger partial charge in [-0.25, -0.2) is 4.39 Å². The Morgan fingerprint density at radius 1 is 1.00 bits per heavy atom. The van der Waals surface area contributed by atoms with Gasteiger partial charge in [-0.1, -0.05) is 49.1 Å². The Morgan fingerprint density at radius 3 is 2.63 bits per heavy atom. The van der Waals surface area contributed by atoms with Crippen LogP contribution < -0.4 is 10.1 Å². The van der Waals surface area contributed by atoms with Gasteiger partial charge in [-0.15, -0.1) is 0 Å². The van der Waals surface area contributed by atoms with Crippen molar-refractivity contribution < 1.29 is 13.9 Å². The summed E-state index contributed by atoms with van der Waals surface area (Å²) >= 11 is 0. The van der Waals surface area contributed by atoms with E-state index in [0.29, 0.717) is 22.6 Å². The number of carbonyl (C=O) groups excluding carboxylic acids is 1. The van der Waals surface area contributed by atoms with E-state index in [2.05, 4.69) is 32.1 Å². The van der Waals surface area contributed by atoms with Gasteiger partial charge in [0.25, 0.3) is 5.91 Å². The lowest BCUT2D eigenvalue weighted by Gasteiger charge is -2.09. The molecule has 0 unspecified atom stereocenters. The Kier molecular flexibility index (Phi) is 7.41. The largest absolute Gasteiger partial charge is 0.497 e. The SMILES string of the molecule is C=C/C=C(/c1cc(F)cc(OC)c1)c1cc(-c2n[nH]c3cnc(-c4cccc(NC(=O)c5ccccc5)c4)cc23)[nH]c1C. The molecule has 3 N–H and O–H groups in total. The zero-order valence-corrected chi connectivity index (χ0v) is 23.6. The Bertz CT molecular complexity index is 2010. The molecule has 0 bridgehead atoms. The van der Waals surface area contributed by atoms with Crippen LogP contribution in [-0.4, -0.2) is 33.2 Å². The first kappa shape index (κ1) is 27.4. The molecule has 3 heterocycles. The molecule has 6 rings (SSSR count). The van der Waals surface area contributed by atoms with Gasteiger partial charge in [-0.05, 0) is 66.6 Å². The van der Waals surface area contributed by atoms with Crippen LogP contribution in [0.2, 0.25) is 0 Å². The Morgan fingerprint density at radius 2 is 1.84 bits per heavy atom. The maximum atomic E-state index is 14.4. The molecule has 0 aliphatic carbocycles. The highest BCUT2D eigenvalue weighted by Crippen LogP contribution is 2.35. The fourth-order valence-corrected chi connectivity index (χ4v) is 5.09. The van der Waals surface area contributed by atoms with Gasteiger partial charge in [0.2, 0.25) is 0 Å². The number of benzene rings is 3. The second kappa shape index (κ2) is 11.6. The number of amides is 1. The van der Waals surface area contributed by atoms with Gasteiger partial charge in [-0.3, -0.25) is 14.9 Å². The minimum Gasteiger partial charge on any atom is -0.497 e. The lowest BCUT2D eigenvalue weighted by Crippen LogP contribution is -2.11. The first-order valence-corrected chi connectivity index (χ1v) is 13.6. The molecule has 0 atom stereocenters. The number of aryl methyl sites for hydroxylation is 1. The topological polar surface area (TPSA) is 95.7 Å². The molecule has 0 aliphatic rings. The number of ether oxygens (including phenoxy) is 1. The number of aromatic nitrogens is 4. The summed E-state index contributed by atoms with van der Waals surface area (Å²) in [6.45, 7) is 5.82. The van der Waals surface area contributed by atoms with Crippen LogP contribution in [0, 0.1) is 12.7 Å². The zero-order valence-electron chi connectivity index (χ0n) is 23.6. The summed E-state index contributed by atoms with van der Waals surface area (Å²) in [7, 11) is 1.51. The van der Waals surface area contributed by atoms with E-state index in [0.717, 1.165) is 50.4 Å². The maximum Gasteiger partial charge on any atom is 0.255 e. The number of anilines is 1. The van der Waals surface area contributed by atoms with Gasteiger partial charge in [0.1, 0.15) is 17.3 Å². The van der Waals surface area contributed by atoms with E-state index in [1.165, 1.54) is 19.2 Å². The molecule has 0 fully saturated rings. The summed E-state index contributed by atoms with van der Waals surface area (Å²) in [4.78, 5) is 20.8. The second-order valence-electron chi connectivity index (χ2n) is 10.0. The number of allylic oxidation sites excluding steroid dienone is 2. The van der Waals surface area contributed by atoms with Crippen molar-refractivity contribution >= 4 is 28.1 Å². The number of halogens is 1. The van der Waals surface area contributed by atoms with E-state index in [1.54, 1.807) is 30.5 Å². The van der Waals surface area contributed by atoms with Gasteiger partial charge in [-0.2, -0.15) is 5.10 Å². The summed E-state index contributed by atoms with van der Waals surface area (Å²) in [5.41, 5.74) is 8.35. The van der Waals surface area contributed by atoms with E-state index >= 15 is 0 Å². The Hall–Kier alpha value is -5.76. The summed E-state index contributed by atoms with van der Waals surface area (Å²) in [5, 5.41) is 11.5. The Balaban J connectivity index is 1.35. The van der Waals surface area contributed by atoms with Crippen LogP contribution in [0.25, 0.3) is 39.1 Å². The van der Waals surface area contributed by atoms with E-state index in [4.69, 9.17) is 4.74 Å². The van der Waals surface area contributed by atoms with Crippen LogP contribution in [0.15, 0.2) is 110 Å². The van der Waals surface area contributed by atoms with Crippen molar-refractivity contribution in [2.24, 2.45) is 0 Å². The van der Waals surface area contributed by atoms with Gasteiger partial charge in [0.05, 0.1) is 30.2 Å². The minimum atomic E-state index is -0.389. The van der Waals surface area contributed by atoms with Gasteiger partial charge in [0.15, 0.2) is 0 Å². The summed E-state index contributed by atoms with van der Waals surface area (Å²) < 4.78 is 19.7. The maximum absolute atomic E-state index is 14.4. The third-order valence-electron chi connectivity index (χ3n) is 7.16. The third-order valence-corrected chi connectivity index (χ3v) is 7.16. The summed E-state index contributed by atoms with van der Waals surface area (Å²) in [6, 6.07) is 25.2. The highest BCUT2D eigenvalue weighted by Gasteiger charge is 2.18. The van der Waals surface area contributed by atoms with E-state index < -0.39 is 0 Å². The van der Waals surface area contributed by atoms with Crippen molar-refractivity contribution in [3.8, 4) is 28.4 Å². The number of carbonyl (C=O) groups is 1. The molecule has 8 heteroatoms. The average Bonchev–Trinajstić information content (AvgIpc) is 3.62. The summed E-state index contributed by atoms with van der Waals surface area (Å²) in [5.74, 6) is -0.141. The smallest absolute Gasteiger partial charge is 0.255 e. The highest BCUT2D eigenvalue weighted by molar-refractivity contribution is 6.04. The molecule has 1 amide bonds. The number of hydrogen-bond donors (Lipinski definition) is 3. The predicted octanol–water partition coefficient (Wildman–Crippen LogP) is 7.95. The number of nitrogens with zero attached hydrogens (tertiary/aromatic N) is 2. The van der Waals surface area contributed by atoms with Crippen LogP contribution in [-0.2, 0) is 0 Å². The fourth-order valence-electron chi connectivity index (χ4n) is 5.09. The molecule has 0 saturated carbocycles. The van der Waals surface area contributed by atoms with Gasteiger partial charge in [0, 0.05) is 39.5 Å². The van der Waals surface area contributed by atoms with E-state index in [-0.39, 0.29) is 11.7 Å². The third kappa shape index (κ3) is 5.58. The number of methoxy groups -OCH3 is 1. The molecule has 3 aromatic heterocycles. The first-order chi connectivity index (χ1) is 20.9. The van der Waals surface area contributed by atoms with E-state index in [9.17, 15) is 9.18 Å². The number of rotatable bonds is 8. The predicted molar refractivity (Wildman–Crippen MR) is 168 cm³/mol. The van der Waals surface area contributed by atoms with Crippen molar-refractivity contribution in [3.63, 3.8) is 0 Å². The zero-order chi connectivity index (χ0) is 29.9. The number of aromatic amines is 2. The van der Waals surface area contributed by atoms with Crippen molar-refractivity contribution in [1.82, 2.24) is 20.2 Å². The van der Waals surface area contributed by atoms with Crippen molar-refractivity contribution in [2.75, 3.05) is 12.4 Å².